The summed E-state index contributed by atoms with van der Waals surface area (Å²) < 4.78 is 30.3. The molecule has 0 saturated carbocycles. The van der Waals surface area contributed by atoms with E-state index in [0.717, 1.165) is 24.8 Å². The highest BCUT2D eigenvalue weighted by atomic mass is 32.2. The van der Waals surface area contributed by atoms with Gasteiger partial charge in [0.25, 0.3) is 10.0 Å². The average Bonchev–Trinajstić information content (AvgIpc) is 2.80. The van der Waals surface area contributed by atoms with Crippen molar-refractivity contribution in [2.75, 3.05) is 13.1 Å². The van der Waals surface area contributed by atoms with E-state index < -0.39 is 10.0 Å². The fraction of sp³-hybridized carbons (Fsp3) is 0.333. The highest BCUT2D eigenvalue weighted by Crippen LogP contribution is 2.26. The Morgan fingerprint density at radius 3 is 2.30 bits per heavy atom. The lowest BCUT2D eigenvalue weighted by Crippen LogP contribution is -2.33. The van der Waals surface area contributed by atoms with Crippen LogP contribution in [-0.4, -0.2) is 37.9 Å². The first-order valence-electron chi connectivity index (χ1n) is 11.5. The fourth-order valence-corrected chi connectivity index (χ4v) is 4.89. The second-order valence-corrected chi connectivity index (χ2v) is 9.92. The van der Waals surface area contributed by atoms with Crippen LogP contribution in [0, 0.1) is 6.92 Å². The van der Waals surface area contributed by atoms with E-state index in [0.29, 0.717) is 29.9 Å². The van der Waals surface area contributed by atoms with E-state index in [1.165, 1.54) is 12.8 Å². The summed E-state index contributed by atoms with van der Waals surface area (Å²) in [5.41, 5.74) is 2.70. The molecule has 0 heterocycles. The van der Waals surface area contributed by atoms with Crippen molar-refractivity contribution >= 4 is 21.5 Å². The summed E-state index contributed by atoms with van der Waals surface area (Å²) in [5, 5.41) is 0. The average molecular weight is 465 g/mol. The van der Waals surface area contributed by atoms with E-state index in [1.54, 1.807) is 60.7 Å². The van der Waals surface area contributed by atoms with E-state index in [1.807, 2.05) is 11.8 Å². The van der Waals surface area contributed by atoms with Gasteiger partial charge >= 0.3 is 0 Å². The van der Waals surface area contributed by atoms with Crippen molar-refractivity contribution in [1.29, 1.82) is 0 Å². The first-order valence-corrected chi connectivity index (χ1v) is 12.9. The Kier molecular flexibility index (Phi) is 8.39. The van der Waals surface area contributed by atoms with Crippen LogP contribution in [0.2, 0.25) is 0 Å². The van der Waals surface area contributed by atoms with Crippen LogP contribution in [0.15, 0.2) is 82.3 Å². The second kappa shape index (κ2) is 11.2. The van der Waals surface area contributed by atoms with Crippen LogP contribution in [0.25, 0.3) is 0 Å². The van der Waals surface area contributed by atoms with Crippen molar-refractivity contribution in [3.63, 3.8) is 0 Å². The molecule has 0 aromatic heterocycles. The zero-order valence-electron chi connectivity index (χ0n) is 19.5. The molecule has 0 saturated heterocycles. The molecule has 33 heavy (non-hydrogen) atoms. The Bertz CT molecular complexity index is 1160. The minimum absolute atomic E-state index is 0.118. The van der Waals surface area contributed by atoms with Gasteiger partial charge in [-0.3, -0.25) is 4.79 Å². The Morgan fingerprint density at radius 1 is 0.970 bits per heavy atom. The van der Waals surface area contributed by atoms with Crippen LogP contribution in [0.5, 0.6) is 0 Å². The van der Waals surface area contributed by atoms with Gasteiger partial charge in [-0.25, -0.2) is 0 Å². The molecule has 0 N–H and O–H groups in total. The van der Waals surface area contributed by atoms with Crippen molar-refractivity contribution in [2.24, 2.45) is 4.40 Å². The fourth-order valence-electron chi connectivity index (χ4n) is 3.89. The zero-order valence-corrected chi connectivity index (χ0v) is 20.3. The molecule has 0 aliphatic heterocycles. The quantitative estimate of drug-likeness (QED) is 0.315. The van der Waals surface area contributed by atoms with Gasteiger partial charge in [-0.1, -0.05) is 80.6 Å². The second-order valence-electron chi connectivity index (χ2n) is 8.32. The third-order valence-corrected chi connectivity index (χ3v) is 7.02. The summed E-state index contributed by atoms with van der Waals surface area (Å²) in [5.74, 6) is -0.118. The molecule has 0 spiro atoms. The number of carbonyl (C=O) groups excluding carboxylic acids is 1. The van der Waals surface area contributed by atoms with Gasteiger partial charge in [0.1, 0.15) is 0 Å². The number of rotatable bonds is 11. The Morgan fingerprint density at radius 2 is 1.64 bits per heavy atom. The molecule has 0 amide bonds. The van der Waals surface area contributed by atoms with Gasteiger partial charge in [-0.05, 0) is 31.6 Å². The summed E-state index contributed by atoms with van der Waals surface area (Å²) in [6.45, 7) is 9.13. The number of unbranched alkanes of at least 4 members (excludes halogenated alkanes) is 4. The molecule has 2 aromatic rings. The molecular formula is C27H32N2O3S. The third-order valence-electron chi connectivity index (χ3n) is 5.71. The minimum Gasteiger partial charge on any atom is -0.365 e. The lowest BCUT2D eigenvalue weighted by Gasteiger charge is -2.28. The molecule has 0 fully saturated rings. The van der Waals surface area contributed by atoms with Gasteiger partial charge < -0.3 is 4.90 Å². The number of aryl methyl sites for hydroxylation is 1. The van der Waals surface area contributed by atoms with Crippen LogP contribution in [0.1, 0.15) is 60.5 Å². The number of sulfonamides is 1. The third kappa shape index (κ3) is 6.08. The number of nitrogens with zero attached hydrogens (tertiary/aromatic N) is 2. The maximum absolute atomic E-state index is 13.3. The van der Waals surface area contributed by atoms with Gasteiger partial charge in [0.05, 0.1) is 16.3 Å². The van der Waals surface area contributed by atoms with Crippen LogP contribution in [0.3, 0.4) is 0 Å². The van der Waals surface area contributed by atoms with Gasteiger partial charge in [0, 0.05) is 24.2 Å². The lowest BCUT2D eigenvalue weighted by molar-refractivity contribution is 0.0992. The Hall–Kier alpha value is -2.99. The number of hydrogen-bond acceptors (Lipinski definition) is 4. The van der Waals surface area contributed by atoms with Crippen LogP contribution in [0.4, 0.5) is 0 Å². The van der Waals surface area contributed by atoms with Crippen LogP contribution in [-0.2, 0) is 10.0 Å². The summed E-state index contributed by atoms with van der Waals surface area (Å²) >= 11 is 0. The predicted octanol–water partition coefficient (Wildman–Crippen LogP) is 5.71. The SMILES string of the molecule is C=CCN(CCCCCCC)C1=CC(=NS(=O)(=O)c2ccc(C)cc2)c2ccccc2C1=O. The summed E-state index contributed by atoms with van der Waals surface area (Å²) in [6.07, 6.45) is 8.95. The number of ketones is 1. The molecule has 3 rings (SSSR count). The van der Waals surface area contributed by atoms with E-state index in [4.69, 9.17) is 0 Å². The van der Waals surface area contributed by atoms with Gasteiger partial charge in [0.2, 0.25) is 5.78 Å². The molecule has 174 valence electrons. The molecule has 2 aromatic carbocycles. The highest BCUT2D eigenvalue weighted by molar-refractivity contribution is 7.90. The van der Waals surface area contributed by atoms with E-state index in [-0.39, 0.29) is 16.4 Å². The van der Waals surface area contributed by atoms with E-state index >= 15 is 0 Å². The van der Waals surface area contributed by atoms with Crippen molar-refractivity contribution in [2.45, 2.75) is 50.8 Å². The molecule has 6 heteroatoms. The number of Topliss-reactive ketones (excluding diaryl/α,β-unsaturated/α-hetero) is 1. The van der Waals surface area contributed by atoms with Crippen molar-refractivity contribution in [1.82, 2.24) is 4.90 Å². The minimum atomic E-state index is -3.93. The summed E-state index contributed by atoms with van der Waals surface area (Å²) in [7, 11) is -3.93. The molecule has 0 atom stereocenters. The largest absolute Gasteiger partial charge is 0.365 e. The molecule has 0 radical (unpaired) electrons. The molecule has 0 bridgehead atoms. The van der Waals surface area contributed by atoms with Gasteiger partial charge in [-0.15, -0.1) is 6.58 Å². The number of carbonyl (C=O) groups is 1. The molecular weight excluding hydrogens is 432 g/mol. The number of hydrogen-bond donors (Lipinski definition) is 0. The number of benzene rings is 2. The van der Waals surface area contributed by atoms with Gasteiger partial charge in [0.15, 0.2) is 0 Å². The maximum Gasteiger partial charge on any atom is 0.282 e. The zero-order chi connectivity index (χ0) is 23.8. The van der Waals surface area contributed by atoms with Crippen molar-refractivity contribution in [3.05, 3.63) is 89.6 Å². The van der Waals surface area contributed by atoms with Gasteiger partial charge in [-0.2, -0.15) is 12.8 Å². The topological polar surface area (TPSA) is 66.8 Å². The van der Waals surface area contributed by atoms with Crippen molar-refractivity contribution in [3.8, 4) is 0 Å². The molecule has 1 aliphatic rings. The first kappa shape index (κ1) is 24.6. The summed E-state index contributed by atoms with van der Waals surface area (Å²) in [6, 6.07) is 13.6. The lowest BCUT2D eigenvalue weighted by atomic mass is 9.91. The first-order chi connectivity index (χ1) is 15.9. The van der Waals surface area contributed by atoms with E-state index in [2.05, 4.69) is 17.9 Å². The van der Waals surface area contributed by atoms with Crippen molar-refractivity contribution < 1.29 is 13.2 Å². The maximum atomic E-state index is 13.3. The van der Waals surface area contributed by atoms with Crippen LogP contribution >= 0.6 is 0 Å². The Labute approximate surface area is 197 Å². The molecule has 1 aliphatic carbocycles. The monoisotopic (exact) mass is 464 g/mol. The summed E-state index contributed by atoms with van der Waals surface area (Å²) in [4.78, 5) is 15.4. The number of allylic oxidation sites excluding steroid dienone is 2. The van der Waals surface area contributed by atoms with E-state index in [9.17, 15) is 13.2 Å². The predicted molar refractivity (Wildman–Crippen MR) is 134 cm³/mol. The Balaban J connectivity index is 2.00. The molecule has 5 nitrogen and oxygen atoms in total. The van der Waals surface area contributed by atoms with Crippen LogP contribution < -0.4 is 0 Å². The highest BCUT2D eigenvalue weighted by Gasteiger charge is 2.28. The smallest absolute Gasteiger partial charge is 0.282 e. The normalized spacial score (nSPS) is 14.7. The standard InChI is InChI=1S/C27H32N2O3S/c1-4-6-7-8-11-19-29(18-5-2)26-20-25(23-12-9-10-13-24(23)27(26)30)28-33(31,32)22-16-14-21(3)15-17-22/h5,9-10,12-17,20H,2,4,6-8,11,18-19H2,1,3H3. The number of fused-ring (bicyclic) bond motifs is 1. The molecule has 0 unspecified atom stereocenters.